The van der Waals surface area contributed by atoms with Crippen LogP contribution >= 0.6 is 0 Å². The maximum atomic E-state index is 13.1. The van der Waals surface area contributed by atoms with E-state index in [0.29, 0.717) is 51.9 Å². The third-order valence-corrected chi connectivity index (χ3v) is 16.8. The zero-order valence-corrected chi connectivity index (χ0v) is 53.8. The molecule has 6 unspecified atom stereocenters. The number of rotatable bonds is 62. The van der Waals surface area contributed by atoms with Gasteiger partial charge in [0.1, 0.15) is 25.3 Å². The summed E-state index contributed by atoms with van der Waals surface area (Å²) in [6.45, 7) is 10.2. The van der Waals surface area contributed by atoms with E-state index in [1.54, 1.807) is 0 Å². The van der Waals surface area contributed by atoms with E-state index in [1.165, 1.54) is 205 Å². The monoisotopic (exact) mass is 1160 g/mol. The van der Waals surface area contributed by atoms with Crippen LogP contribution in [0.4, 0.5) is 0 Å². The van der Waals surface area contributed by atoms with Crippen molar-refractivity contribution in [3.63, 3.8) is 0 Å². The van der Waals surface area contributed by atoms with E-state index in [4.69, 9.17) is 9.47 Å². The number of carbonyl (C=O) groups excluding carboxylic acids is 4. The van der Waals surface area contributed by atoms with Gasteiger partial charge in [-0.15, -0.1) is 0 Å². The van der Waals surface area contributed by atoms with Crippen molar-refractivity contribution in [2.75, 3.05) is 52.5 Å². The first-order valence-electron chi connectivity index (χ1n) is 35.0. The molecule has 2 amide bonds. The molecule has 1 fully saturated rings. The Bertz CT molecular complexity index is 1310. The summed E-state index contributed by atoms with van der Waals surface area (Å²) < 4.78 is 11.0. The summed E-state index contributed by atoms with van der Waals surface area (Å²) in [4.78, 5) is 56.4. The third-order valence-electron chi connectivity index (χ3n) is 16.8. The first kappa shape index (κ1) is 77.7. The lowest BCUT2D eigenvalue weighted by atomic mass is 10.0. The summed E-state index contributed by atoms with van der Waals surface area (Å²) in [5.41, 5.74) is 0. The quantitative estimate of drug-likeness (QED) is 0.0249. The second-order valence-corrected chi connectivity index (χ2v) is 25.0. The molecular weight excluding hydrogens is 1030 g/mol. The van der Waals surface area contributed by atoms with Crippen LogP contribution < -0.4 is 10.6 Å². The van der Waals surface area contributed by atoms with E-state index in [9.17, 15) is 39.6 Å². The molecule has 0 aromatic carbocycles. The average Bonchev–Trinajstić information content (AvgIpc) is 3.48. The molecule has 0 aromatic rings. The molecule has 1 saturated heterocycles. The van der Waals surface area contributed by atoms with Crippen LogP contribution in [0, 0.1) is 0 Å². The second-order valence-electron chi connectivity index (χ2n) is 25.0. The fourth-order valence-corrected chi connectivity index (χ4v) is 11.4. The van der Waals surface area contributed by atoms with E-state index >= 15 is 0 Å². The van der Waals surface area contributed by atoms with Gasteiger partial charge in [-0.1, -0.05) is 285 Å². The fraction of sp³-hybridized carbons (Fsp3) is 0.941. The van der Waals surface area contributed by atoms with Gasteiger partial charge in [-0.2, -0.15) is 0 Å². The molecule has 0 radical (unpaired) electrons. The maximum absolute atomic E-state index is 13.1. The molecule has 6 atom stereocenters. The van der Waals surface area contributed by atoms with Crippen molar-refractivity contribution >= 4 is 23.8 Å². The molecule has 14 heteroatoms. The van der Waals surface area contributed by atoms with Gasteiger partial charge in [0, 0.05) is 39.3 Å². The van der Waals surface area contributed by atoms with Gasteiger partial charge >= 0.3 is 11.9 Å². The molecule has 0 saturated carbocycles. The Kier molecular flexibility index (Phi) is 53.5. The van der Waals surface area contributed by atoms with E-state index in [1.807, 2.05) is 9.80 Å². The molecule has 0 bridgehead atoms. The number of nitrogens with zero attached hydrogens (tertiary/aromatic N) is 2. The predicted octanol–water partition coefficient (Wildman–Crippen LogP) is 14.1. The van der Waals surface area contributed by atoms with Crippen LogP contribution in [0.3, 0.4) is 0 Å². The first-order valence-corrected chi connectivity index (χ1v) is 35.0. The molecule has 6 N–H and O–H groups in total. The SMILES string of the molecule is CCCCCCCCCCCCC(O)CN(CCC(=O)OCC1NC(=O)C(COC(=O)CCN(CC(O)CCCCCCCCCCCC)CC(O)CCCCCCCCCCCC)NC1=O)CC(O)CCCCCCCCCCCC. The van der Waals surface area contributed by atoms with Crippen molar-refractivity contribution in [3.8, 4) is 0 Å². The Morgan fingerprint density at radius 3 is 0.756 bits per heavy atom. The lowest BCUT2D eigenvalue weighted by Crippen LogP contribution is -2.64. The Hall–Kier alpha value is -2.36. The van der Waals surface area contributed by atoms with Crippen molar-refractivity contribution in [2.45, 2.75) is 360 Å². The van der Waals surface area contributed by atoms with Gasteiger partial charge in [-0.25, -0.2) is 0 Å². The lowest BCUT2D eigenvalue weighted by Gasteiger charge is -2.29. The highest BCUT2D eigenvalue weighted by atomic mass is 16.5. The van der Waals surface area contributed by atoms with E-state index < -0.39 is 60.3 Å². The number of aliphatic hydroxyl groups is 4. The number of aliphatic hydroxyl groups excluding tert-OH is 4. The smallest absolute Gasteiger partial charge is 0.307 e. The molecule has 484 valence electrons. The first-order chi connectivity index (χ1) is 39.9. The Morgan fingerprint density at radius 1 is 0.354 bits per heavy atom. The van der Waals surface area contributed by atoms with Crippen LogP contribution in [-0.4, -0.2) is 143 Å². The number of hydrogen-bond acceptors (Lipinski definition) is 12. The molecule has 14 nitrogen and oxygen atoms in total. The predicted molar refractivity (Wildman–Crippen MR) is 338 cm³/mol. The van der Waals surface area contributed by atoms with Crippen molar-refractivity contribution < 1.29 is 49.1 Å². The minimum atomic E-state index is -1.11. The van der Waals surface area contributed by atoms with Crippen molar-refractivity contribution in [3.05, 3.63) is 0 Å². The number of hydrogen-bond donors (Lipinski definition) is 6. The standard InChI is InChI=1S/C68H132N4O10/c1-5-9-13-17-21-25-29-33-37-41-45-59(73)53-71(54-60(74)46-42-38-34-30-26-22-18-14-10-6-2)51-49-65(77)81-57-63-67(79)70-64(68(80)69-63)58-82-66(78)50-52-72(55-61(75)47-43-39-35-31-27-23-19-15-11-7-3)56-62(76)48-44-40-36-32-28-24-20-16-12-8-4/h59-64,73-76H,5-58H2,1-4H3,(H,69,80)(H,70,79). The van der Waals surface area contributed by atoms with Crippen LogP contribution in [0.25, 0.3) is 0 Å². The molecule has 0 aromatic heterocycles. The molecule has 1 aliphatic rings. The Labute approximate surface area is 503 Å². The molecule has 0 spiro atoms. The highest BCUT2D eigenvalue weighted by Crippen LogP contribution is 2.18. The zero-order chi connectivity index (χ0) is 59.9. The topological polar surface area (TPSA) is 198 Å². The Balaban J connectivity index is 2.65. The molecule has 1 aliphatic heterocycles. The van der Waals surface area contributed by atoms with Crippen LogP contribution in [0.1, 0.15) is 323 Å². The van der Waals surface area contributed by atoms with Crippen LogP contribution in [0.2, 0.25) is 0 Å². The lowest BCUT2D eigenvalue weighted by molar-refractivity contribution is -0.152. The van der Waals surface area contributed by atoms with Gasteiger partial charge in [0.15, 0.2) is 0 Å². The molecule has 0 aliphatic carbocycles. The van der Waals surface area contributed by atoms with Crippen molar-refractivity contribution in [1.29, 1.82) is 0 Å². The Morgan fingerprint density at radius 2 is 0.549 bits per heavy atom. The summed E-state index contributed by atoms with van der Waals surface area (Å²) in [6, 6.07) is -2.23. The molecule has 1 rings (SSSR count). The highest BCUT2D eigenvalue weighted by molar-refractivity contribution is 5.97. The summed E-state index contributed by atoms with van der Waals surface area (Å²) in [6.07, 6.45) is 49.0. The van der Waals surface area contributed by atoms with Crippen molar-refractivity contribution in [1.82, 2.24) is 20.4 Å². The number of piperazine rings is 1. The molecular formula is C68H132N4O10. The summed E-state index contributed by atoms with van der Waals surface area (Å²) in [5.74, 6) is -2.22. The summed E-state index contributed by atoms with van der Waals surface area (Å²) in [7, 11) is 0. The molecule has 82 heavy (non-hydrogen) atoms. The zero-order valence-electron chi connectivity index (χ0n) is 53.8. The van der Waals surface area contributed by atoms with Crippen LogP contribution in [0.15, 0.2) is 0 Å². The van der Waals surface area contributed by atoms with Crippen molar-refractivity contribution in [2.24, 2.45) is 0 Å². The van der Waals surface area contributed by atoms with Crippen LogP contribution in [-0.2, 0) is 28.7 Å². The number of nitrogens with one attached hydrogen (secondary N) is 2. The van der Waals surface area contributed by atoms with Gasteiger partial charge in [0.25, 0.3) is 0 Å². The largest absolute Gasteiger partial charge is 0.463 e. The highest BCUT2D eigenvalue weighted by Gasteiger charge is 2.35. The summed E-state index contributed by atoms with van der Waals surface area (Å²) >= 11 is 0. The normalized spacial score (nSPS) is 16.1. The maximum Gasteiger partial charge on any atom is 0.307 e. The van der Waals surface area contributed by atoms with Gasteiger partial charge < -0.3 is 40.5 Å². The van der Waals surface area contributed by atoms with E-state index in [0.717, 1.165) is 51.4 Å². The average molecular weight is 1170 g/mol. The minimum absolute atomic E-state index is 0.00905. The van der Waals surface area contributed by atoms with Gasteiger partial charge in [0.2, 0.25) is 11.8 Å². The fourth-order valence-electron chi connectivity index (χ4n) is 11.4. The number of esters is 2. The minimum Gasteiger partial charge on any atom is -0.463 e. The van der Waals surface area contributed by atoms with Gasteiger partial charge in [0.05, 0.1) is 37.3 Å². The summed E-state index contributed by atoms with van der Waals surface area (Å²) in [5, 5.41) is 49.5. The number of unbranched alkanes of at least 4 members (excludes halogenated alkanes) is 36. The molecule has 1 heterocycles. The van der Waals surface area contributed by atoms with Gasteiger partial charge in [-0.3, -0.25) is 29.0 Å². The number of amides is 2. The second kappa shape index (κ2) is 56.4. The van der Waals surface area contributed by atoms with E-state index in [2.05, 4.69) is 38.3 Å². The number of carbonyl (C=O) groups is 4. The third kappa shape index (κ3) is 47.8. The van der Waals surface area contributed by atoms with Gasteiger partial charge in [-0.05, 0) is 25.7 Å². The number of ether oxygens (including phenoxy) is 2. The van der Waals surface area contributed by atoms with E-state index in [-0.39, 0.29) is 39.1 Å². The van der Waals surface area contributed by atoms with Crippen LogP contribution in [0.5, 0.6) is 0 Å².